The van der Waals surface area contributed by atoms with Gasteiger partial charge in [-0.2, -0.15) is 0 Å². The maximum Gasteiger partial charge on any atom is 0.254 e. The predicted molar refractivity (Wildman–Crippen MR) is 84.3 cm³/mol. The van der Waals surface area contributed by atoms with Crippen molar-refractivity contribution in [2.45, 2.75) is 12.5 Å². The van der Waals surface area contributed by atoms with E-state index < -0.39 is 5.82 Å². The monoisotopic (exact) mass is 315 g/mol. The molecule has 1 heterocycles. The topological polar surface area (TPSA) is 38.8 Å². The third-order valence-electron chi connectivity index (χ3n) is 3.87. The van der Waals surface area contributed by atoms with Crippen molar-refractivity contribution < 1.29 is 18.7 Å². The Morgan fingerprint density at radius 2 is 1.91 bits per heavy atom. The lowest BCUT2D eigenvalue weighted by molar-refractivity contribution is 0.0772. The van der Waals surface area contributed by atoms with Crippen LogP contribution < -0.4 is 9.47 Å². The van der Waals surface area contributed by atoms with Gasteiger partial charge in [-0.1, -0.05) is 6.07 Å². The van der Waals surface area contributed by atoms with Gasteiger partial charge in [0.1, 0.15) is 23.4 Å². The van der Waals surface area contributed by atoms with Crippen LogP contribution in [0.3, 0.4) is 0 Å². The largest absolute Gasteiger partial charge is 0.497 e. The molecule has 0 unspecified atom stereocenters. The number of hydrogen-bond acceptors (Lipinski definition) is 3. The number of methoxy groups -OCH3 is 1. The van der Waals surface area contributed by atoms with Gasteiger partial charge in [-0.15, -0.1) is 0 Å². The third kappa shape index (κ3) is 3.62. The van der Waals surface area contributed by atoms with E-state index in [2.05, 4.69) is 0 Å². The second-order valence-electron chi connectivity index (χ2n) is 5.47. The summed E-state index contributed by atoms with van der Waals surface area (Å²) in [5.74, 6) is 0.953. The normalized spacial score (nSPS) is 17.1. The Balaban J connectivity index is 1.60. The summed E-state index contributed by atoms with van der Waals surface area (Å²) in [6, 6.07) is 13.1. The van der Waals surface area contributed by atoms with E-state index in [1.54, 1.807) is 24.1 Å². The SMILES string of the molecule is COc1ccc(O[C@@H]2CCN(C(=O)c3cccc(F)c3)C2)cc1. The molecule has 0 N–H and O–H groups in total. The molecule has 4 nitrogen and oxygen atoms in total. The quantitative estimate of drug-likeness (QED) is 0.870. The number of likely N-dealkylation sites (tertiary alicyclic amines) is 1. The predicted octanol–water partition coefficient (Wildman–Crippen LogP) is 3.13. The molecular formula is C18H18FNO3. The molecule has 0 saturated carbocycles. The van der Waals surface area contributed by atoms with Crippen LogP contribution in [-0.4, -0.2) is 37.1 Å². The van der Waals surface area contributed by atoms with Gasteiger partial charge in [-0.25, -0.2) is 4.39 Å². The fourth-order valence-electron chi connectivity index (χ4n) is 2.66. The van der Waals surface area contributed by atoms with Crippen LogP contribution in [0.1, 0.15) is 16.8 Å². The molecule has 0 aliphatic carbocycles. The number of amides is 1. The summed E-state index contributed by atoms with van der Waals surface area (Å²) in [7, 11) is 1.61. The number of nitrogens with zero attached hydrogens (tertiary/aromatic N) is 1. The summed E-state index contributed by atoms with van der Waals surface area (Å²) in [5.41, 5.74) is 0.370. The van der Waals surface area contributed by atoms with Crippen LogP contribution >= 0.6 is 0 Å². The van der Waals surface area contributed by atoms with Crippen molar-refractivity contribution in [2.24, 2.45) is 0 Å². The lowest BCUT2D eigenvalue weighted by Crippen LogP contribution is -2.31. The summed E-state index contributed by atoms with van der Waals surface area (Å²) in [6.07, 6.45) is 0.702. The van der Waals surface area contributed by atoms with Crippen LogP contribution in [0.25, 0.3) is 0 Å². The number of ether oxygens (including phenoxy) is 2. The van der Waals surface area contributed by atoms with Crippen molar-refractivity contribution in [3.8, 4) is 11.5 Å². The molecule has 0 radical (unpaired) electrons. The first-order valence-corrected chi connectivity index (χ1v) is 7.51. The van der Waals surface area contributed by atoms with Crippen molar-refractivity contribution in [1.82, 2.24) is 4.90 Å². The smallest absolute Gasteiger partial charge is 0.254 e. The Bertz CT molecular complexity index is 687. The Morgan fingerprint density at radius 1 is 1.17 bits per heavy atom. The van der Waals surface area contributed by atoms with Crippen LogP contribution in [0, 0.1) is 5.82 Å². The van der Waals surface area contributed by atoms with E-state index in [0.717, 1.165) is 17.9 Å². The standard InChI is InChI=1S/C18H18FNO3/c1-22-15-5-7-16(8-6-15)23-17-9-10-20(12-17)18(21)13-3-2-4-14(19)11-13/h2-8,11,17H,9-10,12H2,1H3/t17-/m1/s1. The van der Waals surface area contributed by atoms with E-state index in [9.17, 15) is 9.18 Å². The first-order valence-electron chi connectivity index (χ1n) is 7.51. The lowest BCUT2D eigenvalue weighted by atomic mass is 10.2. The Hall–Kier alpha value is -2.56. The van der Waals surface area contributed by atoms with Crippen molar-refractivity contribution in [3.05, 3.63) is 59.9 Å². The molecule has 1 atom stereocenters. The molecule has 1 aliphatic rings. The molecule has 1 saturated heterocycles. The van der Waals surface area contributed by atoms with Gasteiger partial charge < -0.3 is 14.4 Å². The number of halogens is 1. The second kappa shape index (κ2) is 6.69. The van der Waals surface area contributed by atoms with Gasteiger partial charge in [0, 0.05) is 18.5 Å². The average molecular weight is 315 g/mol. The molecule has 2 aromatic rings. The molecular weight excluding hydrogens is 297 g/mol. The van der Waals surface area contributed by atoms with Gasteiger partial charge in [-0.3, -0.25) is 4.79 Å². The molecule has 120 valence electrons. The first-order chi connectivity index (χ1) is 11.2. The number of hydrogen-bond donors (Lipinski definition) is 0. The minimum atomic E-state index is -0.402. The van der Waals surface area contributed by atoms with Crippen LogP contribution in [0.15, 0.2) is 48.5 Å². The fourth-order valence-corrected chi connectivity index (χ4v) is 2.66. The summed E-state index contributed by atoms with van der Waals surface area (Å²) in [4.78, 5) is 14.1. The zero-order valence-electron chi connectivity index (χ0n) is 12.9. The first kappa shape index (κ1) is 15.3. The molecule has 2 aromatic carbocycles. The van der Waals surface area contributed by atoms with E-state index >= 15 is 0 Å². The molecule has 5 heteroatoms. The van der Waals surface area contributed by atoms with Crippen LogP contribution in [0.2, 0.25) is 0 Å². The van der Waals surface area contributed by atoms with E-state index in [1.165, 1.54) is 12.1 Å². The molecule has 1 aliphatic heterocycles. The Labute approximate surface area is 134 Å². The van der Waals surface area contributed by atoms with Gasteiger partial charge in [-0.05, 0) is 42.5 Å². The van der Waals surface area contributed by atoms with E-state index in [0.29, 0.717) is 18.7 Å². The second-order valence-corrected chi connectivity index (χ2v) is 5.47. The molecule has 23 heavy (non-hydrogen) atoms. The van der Waals surface area contributed by atoms with E-state index in [-0.39, 0.29) is 12.0 Å². The maximum atomic E-state index is 13.2. The highest BCUT2D eigenvalue weighted by Gasteiger charge is 2.28. The molecule has 1 fully saturated rings. The highest BCUT2D eigenvalue weighted by molar-refractivity contribution is 5.94. The number of rotatable bonds is 4. The van der Waals surface area contributed by atoms with Crippen LogP contribution in [0.4, 0.5) is 4.39 Å². The lowest BCUT2D eigenvalue weighted by Gasteiger charge is -2.17. The number of carbonyl (C=O) groups excluding carboxylic acids is 1. The summed E-state index contributed by atoms with van der Waals surface area (Å²) in [5, 5.41) is 0. The molecule has 0 spiro atoms. The molecule has 1 amide bonds. The van der Waals surface area contributed by atoms with Crippen molar-refractivity contribution in [3.63, 3.8) is 0 Å². The number of benzene rings is 2. The third-order valence-corrected chi connectivity index (χ3v) is 3.87. The summed E-state index contributed by atoms with van der Waals surface area (Å²) >= 11 is 0. The van der Waals surface area contributed by atoms with Crippen LogP contribution in [-0.2, 0) is 0 Å². The zero-order valence-corrected chi connectivity index (χ0v) is 12.9. The van der Waals surface area contributed by atoms with Gasteiger partial charge in [0.25, 0.3) is 5.91 Å². The van der Waals surface area contributed by atoms with Gasteiger partial charge in [0.05, 0.1) is 13.7 Å². The maximum absolute atomic E-state index is 13.2. The minimum absolute atomic E-state index is 0.0547. The van der Waals surface area contributed by atoms with Crippen LogP contribution in [0.5, 0.6) is 11.5 Å². The summed E-state index contributed by atoms with van der Waals surface area (Å²) in [6.45, 7) is 1.11. The van der Waals surface area contributed by atoms with E-state index in [4.69, 9.17) is 9.47 Å². The molecule has 0 aromatic heterocycles. The van der Waals surface area contributed by atoms with Crippen molar-refractivity contribution in [2.75, 3.05) is 20.2 Å². The number of carbonyl (C=O) groups is 1. The molecule has 3 rings (SSSR count). The van der Waals surface area contributed by atoms with Crippen molar-refractivity contribution in [1.29, 1.82) is 0 Å². The Kier molecular flexibility index (Phi) is 4.46. The summed E-state index contributed by atoms with van der Waals surface area (Å²) < 4.78 is 24.2. The van der Waals surface area contributed by atoms with Crippen molar-refractivity contribution >= 4 is 5.91 Å². The Morgan fingerprint density at radius 3 is 2.61 bits per heavy atom. The van der Waals surface area contributed by atoms with Gasteiger partial charge in [0.15, 0.2) is 0 Å². The fraction of sp³-hybridized carbons (Fsp3) is 0.278. The zero-order chi connectivity index (χ0) is 16.2. The van der Waals surface area contributed by atoms with E-state index in [1.807, 2.05) is 24.3 Å². The molecule has 0 bridgehead atoms. The average Bonchev–Trinajstić information content (AvgIpc) is 3.03. The highest BCUT2D eigenvalue weighted by atomic mass is 19.1. The highest BCUT2D eigenvalue weighted by Crippen LogP contribution is 2.22. The minimum Gasteiger partial charge on any atom is -0.497 e. The van der Waals surface area contributed by atoms with Gasteiger partial charge >= 0.3 is 0 Å². The van der Waals surface area contributed by atoms with Gasteiger partial charge in [0.2, 0.25) is 0 Å².